The van der Waals surface area contributed by atoms with Crippen molar-refractivity contribution in [2.75, 3.05) is 10.6 Å². The monoisotopic (exact) mass is 413 g/mol. The Kier molecular flexibility index (Phi) is 7.19. The summed E-state index contributed by atoms with van der Waals surface area (Å²) in [6.07, 6.45) is 3.26. The lowest BCUT2D eigenvalue weighted by molar-refractivity contribution is -0.111. The average Bonchev–Trinajstić information content (AvgIpc) is 2.73. The minimum atomic E-state index is -0.462. The Bertz CT molecular complexity index is 1090. The van der Waals surface area contributed by atoms with Crippen molar-refractivity contribution in [1.29, 1.82) is 0 Å². The SMILES string of the molecule is C=CC(=O)Nc1cccc(-c2cc(Cc3ccccc3)cc(NC(N)/C=C(/C)N)n2)c1. The average molecular weight is 414 g/mol. The molecule has 0 aliphatic heterocycles. The number of hydrogen-bond donors (Lipinski definition) is 4. The number of pyridine rings is 1. The van der Waals surface area contributed by atoms with E-state index < -0.39 is 6.17 Å². The third kappa shape index (κ3) is 6.55. The first kappa shape index (κ1) is 21.8. The Hall–Kier alpha value is -3.90. The van der Waals surface area contributed by atoms with Crippen LogP contribution in [0.4, 0.5) is 11.5 Å². The third-order valence-corrected chi connectivity index (χ3v) is 4.50. The van der Waals surface area contributed by atoms with Crippen LogP contribution >= 0.6 is 0 Å². The first-order valence-corrected chi connectivity index (χ1v) is 9.97. The van der Waals surface area contributed by atoms with E-state index in [-0.39, 0.29) is 5.91 Å². The van der Waals surface area contributed by atoms with Gasteiger partial charge in [0.15, 0.2) is 0 Å². The number of benzene rings is 2. The molecule has 0 saturated carbocycles. The highest BCUT2D eigenvalue weighted by atomic mass is 16.1. The summed E-state index contributed by atoms with van der Waals surface area (Å²) in [6.45, 7) is 5.28. The van der Waals surface area contributed by atoms with E-state index >= 15 is 0 Å². The number of nitrogens with zero attached hydrogens (tertiary/aromatic N) is 1. The van der Waals surface area contributed by atoms with Gasteiger partial charge in [0.2, 0.25) is 5.91 Å². The van der Waals surface area contributed by atoms with Gasteiger partial charge in [-0.1, -0.05) is 49.0 Å². The molecule has 1 heterocycles. The van der Waals surface area contributed by atoms with Gasteiger partial charge in [-0.25, -0.2) is 4.98 Å². The van der Waals surface area contributed by atoms with Gasteiger partial charge in [-0.2, -0.15) is 0 Å². The Labute approximate surface area is 182 Å². The lowest BCUT2D eigenvalue weighted by Gasteiger charge is -2.15. The van der Waals surface area contributed by atoms with Crippen molar-refractivity contribution >= 4 is 17.4 Å². The van der Waals surface area contributed by atoms with Gasteiger partial charge in [0.05, 0.1) is 11.9 Å². The maximum absolute atomic E-state index is 11.7. The summed E-state index contributed by atoms with van der Waals surface area (Å²) in [4.78, 5) is 16.4. The second-order valence-corrected chi connectivity index (χ2v) is 7.26. The molecule has 6 N–H and O–H groups in total. The summed E-state index contributed by atoms with van der Waals surface area (Å²) >= 11 is 0. The molecule has 0 aliphatic carbocycles. The van der Waals surface area contributed by atoms with Gasteiger partial charge in [-0.15, -0.1) is 0 Å². The molecule has 1 atom stereocenters. The normalized spacial score (nSPS) is 12.1. The van der Waals surface area contributed by atoms with E-state index in [0.29, 0.717) is 17.2 Å². The Morgan fingerprint density at radius 3 is 2.58 bits per heavy atom. The van der Waals surface area contributed by atoms with Gasteiger partial charge in [0, 0.05) is 16.9 Å². The smallest absolute Gasteiger partial charge is 0.247 e. The molecule has 1 amide bonds. The number of carbonyl (C=O) groups is 1. The summed E-state index contributed by atoms with van der Waals surface area (Å²) in [5.74, 6) is 0.383. The van der Waals surface area contributed by atoms with Crippen molar-refractivity contribution in [2.24, 2.45) is 11.5 Å². The van der Waals surface area contributed by atoms with Crippen molar-refractivity contribution in [3.05, 3.63) is 102 Å². The van der Waals surface area contributed by atoms with Crippen molar-refractivity contribution in [2.45, 2.75) is 19.5 Å². The first-order valence-electron chi connectivity index (χ1n) is 9.97. The van der Waals surface area contributed by atoms with Crippen molar-refractivity contribution in [3.8, 4) is 11.3 Å². The lowest BCUT2D eigenvalue weighted by atomic mass is 10.0. The highest BCUT2D eigenvalue weighted by Crippen LogP contribution is 2.25. The van der Waals surface area contributed by atoms with Gasteiger partial charge in [0.25, 0.3) is 0 Å². The lowest BCUT2D eigenvalue weighted by Crippen LogP contribution is -2.28. The van der Waals surface area contributed by atoms with E-state index in [2.05, 4.69) is 29.3 Å². The topological polar surface area (TPSA) is 106 Å². The van der Waals surface area contributed by atoms with Crippen LogP contribution in [-0.4, -0.2) is 17.1 Å². The van der Waals surface area contributed by atoms with Crippen LogP contribution in [0.2, 0.25) is 0 Å². The quantitative estimate of drug-likeness (QED) is 0.330. The second kappa shape index (κ2) is 10.2. The highest BCUT2D eigenvalue weighted by molar-refractivity contribution is 5.99. The van der Waals surface area contributed by atoms with Crippen LogP contribution in [0.1, 0.15) is 18.1 Å². The molecule has 1 aromatic heterocycles. The molecule has 6 heteroatoms. The molecule has 0 bridgehead atoms. The standard InChI is InChI=1S/C25H27N5O/c1-3-25(31)28-21-11-7-10-20(16-21)22-14-19(13-18-8-5-4-6-9-18)15-24(29-22)30-23(27)12-17(2)26/h3-12,14-16,23H,1,13,26-27H2,2H3,(H,28,31)(H,29,30)/b17-12-. The summed E-state index contributed by atoms with van der Waals surface area (Å²) < 4.78 is 0. The largest absolute Gasteiger partial charge is 0.402 e. The molecule has 2 aromatic carbocycles. The van der Waals surface area contributed by atoms with Crippen molar-refractivity contribution in [3.63, 3.8) is 0 Å². The highest BCUT2D eigenvalue weighted by Gasteiger charge is 2.09. The van der Waals surface area contributed by atoms with Crippen LogP contribution in [0.3, 0.4) is 0 Å². The van der Waals surface area contributed by atoms with E-state index in [9.17, 15) is 4.79 Å². The molecule has 0 saturated heterocycles. The number of amides is 1. The molecular weight excluding hydrogens is 386 g/mol. The number of allylic oxidation sites excluding steroid dienone is 1. The molecule has 158 valence electrons. The van der Waals surface area contributed by atoms with E-state index in [0.717, 1.165) is 23.2 Å². The van der Waals surface area contributed by atoms with Crippen molar-refractivity contribution in [1.82, 2.24) is 4.98 Å². The van der Waals surface area contributed by atoms with Crippen LogP contribution in [-0.2, 0) is 11.2 Å². The summed E-state index contributed by atoms with van der Waals surface area (Å²) in [7, 11) is 0. The third-order valence-electron chi connectivity index (χ3n) is 4.50. The molecular formula is C25H27N5O. The minimum absolute atomic E-state index is 0.264. The number of anilines is 2. The fraction of sp³-hybridized carbons (Fsp3) is 0.120. The number of aromatic nitrogens is 1. The second-order valence-electron chi connectivity index (χ2n) is 7.26. The molecule has 3 rings (SSSR count). The Morgan fingerprint density at radius 2 is 1.87 bits per heavy atom. The maximum atomic E-state index is 11.7. The number of nitrogens with two attached hydrogens (primary N) is 2. The zero-order chi connectivity index (χ0) is 22.2. The zero-order valence-electron chi connectivity index (χ0n) is 17.5. The molecule has 31 heavy (non-hydrogen) atoms. The maximum Gasteiger partial charge on any atom is 0.247 e. The number of nitrogens with one attached hydrogen (secondary N) is 2. The number of carbonyl (C=O) groups excluding carboxylic acids is 1. The summed E-state index contributed by atoms with van der Waals surface area (Å²) in [5, 5.41) is 5.98. The molecule has 6 nitrogen and oxygen atoms in total. The molecule has 1 unspecified atom stereocenters. The van der Waals surface area contributed by atoms with Gasteiger partial charge in [-0.05, 0) is 60.9 Å². The van der Waals surface area contributed by atoms with Gasteiger partial charge < -0.3 is 22.1 Å². The molecule has 0 radical (unpaired) electrons. The van der Waals surface area contributed by atoms with Crippen molar-refractivity contribution < 1.29 is 4.79 Å². The minimum Gasteiger partial charge on any atom is -0.402 e. The Balaban J connectivity index is 1.98. The number of hydrogen-bond acceptors (Lipinski definition) is 5. The van der Waals surface area contributed by atoms with E-state index in [1.54, 1.807) is 13.0 Å². The molecule has 0 fully saturated rings. The van der Waals surface area contributed by atoms with Gasteiger partial charge in [0.1, 0.15) is 5.82 Å². The fourth-order valence-corrected chi connectivity index (χ4v) is 3.19. The van der Waals surface area contributed by atoms with Crippen LogP contribution in [0.15, 0.2) is 91.2 Å². The molecule has 3 aromatic rings. The fourth-order valence-electron chi connectivity index (χ4n) is 3.19. The predicted molar refractivity (Wildman–Crippen MR) is 127 cm³/mol. The van der Waals surface area contributed by atoms with E-state index in [4.69, 9.17) is 16.5 Å². The predicted octanol–water partition coefficient (Wildman–Crippen LogP) is 4.02. The Morgan fingerprint density at radius 1 is 1.10 bits per heavy atom. The van der Waals surface area contributed by atoms with Gasteiger partial charge >= 0.3 is 0 Å². The summed E-state index contributed by atoms with van der Waals surface area (Å²) in [6, 6.07) is 21.8. The van der Waals surface area contributed by atoms with E-state index in [1.807, 2.05) is 54.6 Å². The van der Waals surface area contributed by atoms with Gasteiger partial charge in [-0.3, -0.25) is 4.79 Å². The zero-order valence-corrected chi connectivity index (χ0v) is 17.5. The first-order chi connectivity index (χ1) is 14.9. The number of rotatable bonds is 8. The van der Waals surface area contributed by atoms with Crippen LogP contribution in [0.5, 0.6) is 0 Å². The van der Waals surface area contributed by atoms with E-state index in [1.165, 1.54) is 11.6 Å². The van der Waals surface area contributed by atoms with Crippen LogP contribution in [0, 0.1) is 0 Å². The summed E-state index contributed by atoms with van der Waals surface area (Å²) in [5.41, 5.74) is 17.1. The molecule has 0 aliphatic rings. The van der Waals surface area contributed by atoms with Crippen LogP contribution in [0.25, 0.3) is 11.3 Å². The van der Waals surface area contributed by atoms with Crippen LogP contribution < -0.4 is 22.1 Å². The molecule has 0 spiro atoms.